The number of hydrogen-bond acceptors (Lipinski definition) is 5. The van der Waals surface area contributed by atoms with Gasteiger partial charge in [-0.1, -0.05) is 0 Å². The van der Waals surface area contributed by atoms with Crippen LogP contribution < -0.4 is 0 Å². The molecule has 18 heavy (non-hydrogen) atoms. The van der Waals surface area contributed by atoms with Crippen molar-refractivity contribution in [2.45, 2.75) is 18.9 Å². The first kappa shape index (κ1) is 15.4. The fraction of sp³-hybridized carbons (Fsp3) is 0.917. The average molecular weight is 261 g/mol. The molecule has 0 saturated carbocycles. The standard InChI is InChI=1S/C12H23NO5/c1-16-5-2-6-17-7-3-13-4-8-18-11(10-13)9-12(14)15/h11H,2-10H2,1H3,(H,14,15). The van der Waals surface area contributed by atoms with Gasteiger partial charge in [0, 0.05) is 40.0 Å². The Morgan fingerprint density at radius 1 is 1.44 bits per heavy atom. The van der Waals surface area contributed by atoms with Crippen molar-refractivity contribution < 1.29 is 24.1 Å². The summed E-state index contributed by atoms with van der Waals surface area (Å²) in [6.45, 7) is 5.04. The monoisotopic (exact) mass is 261 g/mol. The lowest BCUT2D eigenvalue weighted by molar-refractivity contribution is -0.142. The lowest BCUT2D eigenvalue weighted by Crippen LogP contribution is -2.44. The van der Waals surface area contributed by atoms with Gasteiger partial charge in [0.25, 0.3) is 0 Å². The van der Waals surface area contributed by atoms with Gasteiger partial charge in [-0.25, -0.2) is 0 Å². The molecule has 0 spiro atoms. The highest BCUT2D eigenvalue weighted by Crippen LogP contribution is 2.08. The van der Waals surface area contributed by atoms with Gasteiger partial charge in [0.15, 0.2) is 0 Å². The number of methoxy groups -OCH3 is 1. The second-order valence-electron chi connectivity index (χ2n) is 4.35. The van der Waals surface area contributed by atoms with Gasteiger partial charge in [-0.3, -0.25) is 9.69 Å². The third-order valence-electron chi connectivity index (χ3n) is 2.81. The summed E-state index contributed by atoms with van der Waals surface area (Å²) in [7, 11) is 1.68. The van der Waals surface area contributed by atoms with E-state index in [4.69, 9.17) is 19.3 Å². The van der Waals surface area contributed by atoms with Crippen LogP contribution in [0, 0.1) is 0 Å². The molecule has 6 heteroatoms. The Morgan fingerprint density at radius 2 is 2.28 bits per heavy atom. The molecular formula is C12H23NO5. The minimum Gasteiger partial charge on any atom is -0.481 e. The van der Waals surface area contributed by atoms with Crippen LogP contribution in [0.1, 0.15) is 12.8 Å². The SMILES string of the molecule is COCCCOCCN1CCOC(CC(=O)O)C1. The van der Waals surface area contributed by atoms with Crippen molar-refractivity contribution in [3.63, 3.8) is 0 Å². The molecule has 1 fully saturated rings. The van der Waals surface area contributed by atoms with Crippen molar-refractivity contribution in [2.24, 2.45) is 0 Å². The fourth-order valence-electron chi connectivity index (χ4n) is 1.90. The van der Waals surface area contributed by atoms with E-state index in [9.17, 15) is 4.79 Å². The summed E-state index contributed by atoms with van der Waals surface area (Å²) in [5, 5.41) is 8.71. The van der Waals surface area contributed by atoms with Gasteiger partial charge in [0.2, 0.25) is 0 Å². The van der Waals surface area contributed by atoms with Gasteiger partial charge in [0.05, 0.1) is 25.7 Å². The number of carbonyl (C=O) groups is 1. The minimum atomic E-state index is -0.808. The number of aliphatic carboxylic acids is 1. The molecule has 1 atom stereocenters. The zero-order valence-electron chi connectivity index (χ0n) is 11.0. The number of ether oxygens (including phenoxy) is 3. The van der Waals surface area contributed by atoms with Crippen LogP contribution in [0.3, 0.4) is 0 Å². The van der Waals surface area contributed by atoms with E-state index in [-0.39, 0.29) is 12.5 Å². The van der Waals surface area contributed by atoms with E-state index in [2.05, 4.69) is 4.90 Å². The van der Waals surface area contributed by atoms with E-state index in [1.165, 1.54) is 0 Å². The number of rotatable bonds is 9. The van der Waals surface area contributed by atoms with Gasteiger partial charge >= 0.3 is 5.97 Å². The first-order chi connectivity index (χ1) is 8.72. The molecule has 1 aliphatic rings. The summed E-state index contributed by atoms with van der Waals surface area (Å²) in [6.07, 6.45) is 0.789. The summed E-state index contributed by atoms with van der Waals surface area (Å²) in [4.78, 5) is 12.8. The molecule has 0 amide bonds. The van der Waals surface area contributed by atoms with Crippen molar-refractivity contribution in [3.05, 3.63) is 0 Å². The van der Waals surface area contributed by atoms with Gasteiger partial charge in [0.1, 0.15) is 0 Å². The maximum atomic E-state index is 10.6. The van der Waals surface area contributed by atoms with E-state index in [1.807, 2.05) is 0 Å². The predicted octanol–water partition coefficient (Wildman–Crippen LogP) is 0.215. The zero-order chi connectivity index (χ0) is 13.2. The molecule has 1 heterocycles. The normalized spacial score (nSPS) is 21.1. The van der Waals surface area contributed by atoms with E-state index < -0.39 is 5.97 Å². The molecule has 0 aromatic carbocycles. The van der Waals surface area contributed by atoms with Crippen LogP contribution in [-0.2, 0) is 19.0 Å². The largest absolute Gasteiger partial charge is 0.481 e. The third kappa shape index (κ3) is 6.90. The molecular weight excluding hydrogens is 238 g/mol. The Bertz CT molecular complexity index is 237. The summed E-state index contributed by atoms with van der Waals surface area (Å²) < 4.78 is 15.8. The topological polar surface area (TPSA) is 68.2 Å². The summed E-state index contributed by atoms with van der Waals surface area (Å²) in [5.74, 6) is -0.808. The van der Waals surface area contributed by atoms with Crippen LogP contribution in [0.2, 0.25) is 0 Å². The van der Waals surface area contributed by atoms with Crippen LogP contribution in [0.25, 0.3) is 0 Å². The van der Waals surface area contributed by atoms with Crippen LogP contribution in [-0.4, -0.2) is 75.3 Å². The van der Waals surface area contributed by atoms with Gasteiger partial charge in [-0.2, -0.15) is 0 Å². The second-order valence-corrected chi connectivity index (χ2v) is 4.35. The van der Waals surface area contributed by atoms with Gasteiger partial charge < -0.3 is 19.3 Å². The molecule has 0 aromatic heterocycles. The number of hydrogen-bond donors (Lipinski definition) is 1. The smallest absolute Gasteiger partial charge is 0.306 e. The van der Waals surface area contributed by atoms with E-state index in [0.717, 1.165) is 26.1 Å². The molecule has 0 bridgehead atoms. The molecule has 1 unspecified atom stereocenters. The molecule has 1 aliphatic heterocycles. The number of carboxylic acids is 1. The van der Waals surface area contributed by atoms with Gasteiger partial charge in [-0.15, -0.1) is 0 Å². The lowest BCUT2D eigenvalue weighted by Gasteiger charge is -2.32. The predicted molar refractivity (Wildman–Crippen MR) is 65.7 cm³/mol. The number of morpholine rings is 1. The molecule has 6 nitrogen and oxygen atoms in total. The minimum absolute atomic E-state index is 0.0746. The molecule has 1 rings (SSSR count). The summed E-state index contributed by atoms with van der Waals surface area (Å²) >= 11 is 0. The van der Waals surface area contributed by atoms with Crippen LogP contribution in [0.5, 0.6) is 0 Å². The van der Waals surface area contributed by atoms with Crippen molar-refractivity contribution in [3.8, 4) is 0 Å². The molecule has 0 radical (unpaired) electrons. The Balaban J connectivity index is 2.05. The quantitative estimate of drug-likeness (QED) is 0.599. The highest BCUT2D eigenvalue weighted by atomic mass is 16.5. The zero-order valence-corrected chi connectivity index (χ0v) is 11.0. The molecule has 0 aliphatic carbocycles. The second kappa shape index (κ2) is 9.27. The Hall–Kier alpha value is -0.690. The van der Waals surface area contributed by atoms with Crippen molar-refractivity contribution >= 4 is 5.97 Å². The van der Waals surface area contributed by atoms with Crippen molar-refractivity contribution in [2.75, 3.05) is 53.2 Å². The van der Waals surface area contributed by atoms with E-state index in [0.29, 0.717) is 26.4 Å². The fourth-order valence-corrected chi connectivity index (χ4v) is 1.90. The Morgan fingerprint density at radius 3 is 3.00 bits per heavy atom. The summed E-state index contributed by atoms with van der Waals surface area (Å²) in [5.41, 5.74) is 0. The average Bonchev–Trinajstić information content (AvgIpc) is 2.33. The molecule has 1 saturated heterocycles. The van der Waals surface area contributed by atoms with Crippen LogP contribution in [0.4, 0.5) is 0 Å². The third-order valence-corrected chi connectivity index (χ3v) is 2.81. The van der Waals surface area contributed by atoms with E-state index in [1.54, 1.807) is 7.11 Å². The highest BCUT2D eigenvalue weighted by Gasteiger charge is 2.22. The number of carboxylic acid groups (broad SMARTS) is 1. The van der Waals surface area contributed by atoms with Crippen LogP contribution >= 0.6 is 0 Å². The molecule has 106 valence electrons. The maximum Gasteiger partial charge on any atom is 0.306 e. The van der Waals surface area contributed by atoms with Crippen LogP contribution in [0.15, 0.2) is 0 Å². The Kier molecular flexibility index (Phi) is 7.91. The maximum absolute atomic E-state index is 10.6. The first-order valence-corrected chi connectivity index (χ1v) is 6.35. The summed E-state index contributed by atoms with van der Waals surface area (Å²) in [6, 6.07) is 0. The van der Waals surface area contributed by atoms with Gasteiger partial charge in [-0.05, 0) is 6.42 Å². The lowest BCUT2D eigenvalue weighted by atomic mass is 10.2. The Labute approximate surface area is 108 Å². The molecule has 1 N–H and O–H groups in total. The van der Waals surface area contributed by atoms with E-state index >= 15 is 0 Å². The molecule has 0 aromatic rings. The van der Waals surface area contributed by atoms with Crippen molar-refractivity contribution in [1.82, 2.24) is 4.90 Å². The highest BCUT2D eigenvalue weighted by molar-refractivity contribution is 5.67. The van der Waals surface area contributed by atoms with Crippen molar-refractivity contribution in [1.29, 1.82) is 0 Å². The number of nitrogens with zero attached hydrogens (tertiary/aromatic N) is 1. The first-order valence-electron chi connectivity index (χ1n) is 6.35.